The topological polar surface area (TPSA) is 26.0 Å². The Hall–Kier alpha value is -0.500. The van der Waals surface area contributed by atoms with Crippen LogP contribution in [0.4, 0.5) is 0 Å². The van der Waals surface area contributed by atoms with Gasteiger partial charge in [0.25, 0.3) is 0 Å². The van der Waals surface area contributed by atoms with Crippen LogP contribution in [0.25, 0.3) is 0 Å². The van der Waals surface area contributed by atoms with Gasteiger partial charge in [-0.1, -0.05) is 34.8 Å². The number of benzene rings is 1. The lowest BCUT2D eigenvalue weighted by Crippen LogP contribution is -2.10. The van der Waals surface area contributed by atoms with E-state index in [1.165, 1.54) is 0 Å². The molecule has 0 saturated heterocycles. The fraction of sp³-hybridized carbons (Fsp3) is 0.333. The molecule has 1 atom stereocenters. The number of rotatable bonds is 4. The molecule has 0 bridgehead atoms. The molecule has 1 rings (SSSR count). The third kappa shape index (κ3) is 3.86. The van der Waals surface area contributed by atoms with Crippen molar-refractivity contribution in [2.45, 2.75) is 25.8 Å². The lowest BCUT2D eigenvalue weighted by molar-refractivity contribution is 0.649. The molecular formula is C12H15Cl2N. The van der Waals surface area contributed by atoms with Crippen LogP contribution in [-0.4, -0.2) is 0 Å². The Morgan fingerprint density at radius 2 is 2.07 bits per heavy atom. The lowest BCUT2D eigenvalue weighted by atomic mass is 10.0. The van der Waals surface area contributed by atoms with Crippen molar-refractivity contribution >= 4 is 23.2 Å². The minimum atomic E-state index is -0.00327. The van der Waals surface area contributed by atoms with E-state index in [4.69, 9.17) is 28.9 Å². The van der Waals surface area contributed by atoms with Crippen LogP contribution in [0.2, 0.25) is 10.0 Å². The van der Waals surface area contributed by atoms with Crippen molar-refractivity contribution in [3.8, 4) is 0 Å². The normalized spacial score (nSPS) is 12.5. The molecule has 2 N–H and O–H groups in total. The molecule has 0 fully saturated rings. The molecule has 3 heteroatoms. The molecule has 0 aliphatic carbocycles. The number of halogens is 2. The van der Waals surface area contributed by atoms with Gasteiger partial charge in [-0.2, -0.15) is 0 Å². The largest absolute Gasteiger partial charge is 0.324 e. The summed E-state index contributed by atoms with van der Waals surface area (Å²) in [5, 5.41) is 1.12. The highest BCUT2D eigenvalue weighted by Crippen LogP contribution is 2.26. The van der Waals surface area contributed by atoms with Crippen molar-refractivity contribution in [1.82, 2.24) is 0 Å². The molecule has 1 aromatic rings. The summed E-state index contributed by atoms with van der Waals surface area (Å²) in [6.45, 7) is 5.85. The molecule has 1 unspecified atom stereocenters. The predicted molar refractivity (Wildman–Crippen MR) is 67.4 cm³/mol. The first kappa shape index (κ1) is 12.6. The van der Waals surface area contributed by atoms with Crippen LogP contribution >= 0.6 is 23.2 Å². The van der Waals surface area contributed by atoms with Crippen molar-refractivity contribution < 1.29 is 0 Å². The highest BCUT2D eigenvalue weighted by Gasteiger charge is 2.07. The second-order valence-corrected chi connectivity index (χ2v) is 4.59. The second kappa shape index (κ2) is 5.55. The summed E-state index contributed by atoms with van der Waals surface area (Å²) in [6, 6.07) is 5.51. The zero-order valence-corrected chi connectivity index (χ0v) is 10.3. The lowest BCUT2D eigenvalue weighted by Gasteiger charge is -2.12. The number of nitrogens with two attached hydrogens (primary N) is 1. The minimum absolute atomic E-state index is 0.00327. The monoisotopic (exact) mass is 243 g/mol. The predicted octanol–water partition coefficient (Wildman–Crippen LogP) is 4.35. The van der Waals surface area contributed by atoms with Gasteiger partial charge in [0.05, 0.1) is 10.0 Å². The zero-order chi connectivity index (χ0) is 11.4. The molecule has 0 spiro atoms. The molecule has 0 aromatic heterocycles. The zero-order valence-electron chi connectivity index (χ0n) is 8.76. The smallest absolute Gasteiger partial charge is 0.0595 e. The highest BCUT2D eigenvalue weighted by atomic mass is 35.5. The molecule has 0 saturated carbocycles. The van der Waals surface area contributed by atoms with E-state index < -0.39 is 0 Å². The summed E-state index contributed by atoms with van der Waals surface area (Å²) >= 11 is 11.7. The minimum Gasteiger partial charge on any atom is -0.324 e. The van der Waals surface area contributed by atoms with Gasteiger partial charge in [0.2, 0.25) is 0 Å². The highest BCUT2D eigenvalue weighted by molar-refractivity contribution is 6.42. The third-order valence-corrected chi connectivity index (χ3v) is 2.99. The van der Waals surface area contributed by atoms with Gasteiger partial charge in [-0.25, -0.2) is 0 Å². The van der Waals surface area contributed by atoms with Crippen LogP contribution in [0.15, 0.2) is 30.4 Å². The van der Waals surface area contributed by atoms with Crippen LogP contribution in [0.5, 0.6) is 0 Å². The van der Waals surface area contributed by atoms with Crippen molar-refractivity contribution in [2.75, 3.05) is 0 Å². The van der Waals surface area contributed by atoms with Crippen LogP contribution in [0.3, 0.4) is 0 Å². The van der Waals surface area contributed by atoms with Gasteiger partial charge in [0.15, 0.2) is 0 Å². The molecule has 0 aliphatic rings. The Balaban J connectivity index is 2.69. The fourth-order valence-corrected chi connectivity index (χ4v) is 1.62. The Morgan fingerprint density at radius 1 is 1.40 bits per heavy atom. The van der Waals surface area contributed by atoms with Gasteiger partial charge in [-0.15, -0.1) is 6.58 Å². The van der Waals surface area contributed by atoms with Gasteiger partial charge in [0.1, 0.15) is 0 Å². The molecule has 15 heavy (non-hydrogen) atoms. The molecule has 1 aromatic carbocycles. The molecule has 0 aliphatic heterocycles. The van der Waals surface area contributed by atoms with E-state index in [9.17, 15) is 0 Å². The van der Waals surface area contributed by atoms with Crippen LogP contribution in [-0.2, 0) is 0 Å². The molecule has 0 radical (unpaired) electrons. The quantitative estimate of drug-likeness (QED) is 0.783. The SMILES string of the molecule is C=C(C)CCC(N)c1ccc(Cl)c(Cl)c1. The van der Waals surface area contributed by atoms with E-state index in [0.717, 1.165) is 24.0 Å². The van der Waals surface area contributed by atoms with E-state index >= 15 is 0 Å². The molecular weight excluding hydrogens is 229 g/mol. The van der Waals surface area contributed by atoms with Crippen molar-refractivity contribution in [3.05, 3.63) is 46.0 Å². The van der Waals surface area contributed by atoms with E-state index in [-0.39, 0.29) is 6.04 Å². The van der Waals surface area contributed by atoms with E-state index in [1.54, 1.807) is 6.07 Å². The maximum atomic E-state index is 6.02. The summed E-state index contributed by atoms with van der Waals surface area (Å²) in [6.07, 6.45) is 1.81. The summed E-state index contributed by atoms with van der Waals surface area (Å²) in [4.78, 5) is 0. The maximum absolute atomic E-state index is 6.02. The van der Waals surface area contributed by atoms with Crippen LogP contribution in [0.1, 0.15) is 31.4 Å². The van der Waals surface area contributed by atoms with Gasteiger partial charge in [-0.3, -0.25) is 0 Å². The van der Waals surface area contributed by atoms with Crippen molar-refractivity contribution in [3.63, 3.8) is 0 Å². The summed E-state index contributed by atoms with van der Waals surface area (Å²) in [5.41, 5.74) is 8.18. The molecule has 0 amide bonds. The standard InChI is InChI=1S/C12H15Cl2N/c1-8(2)3-6-12(15)9-4-5-10(13)11(14)7-9/h4-5,7,12H,1,3,6,15H2,2H3. The Bertz CT molecular complexity index is 361. The second-order valence-electron chi connectivity index (χ2n) is 3.78. The molecule has 0 heterocycles. The third-order valence-electron chi connectivity index (χ3n) is 2.25. The summed E-state index contributed by atoms with van der Waals surface area (Å²) < 4.78 is 0. The number of hydrogen-bond donors (Lipinski definition) is 1. The first-order chi connectivity index (χ1) is 7.00. The Labute approximate surface area is 101 Å². The van der Waals surface area contributed by atoms with Crippen LogP contribution in [0, 0.1) is 0 Å². The number of allylic oxidation sites excluding steroid dienone is 1. The van der Waals surface area contributed by atoms with E-state index in [0.29, 0.717) is 10.0 Å². The first-order valence-corrected chi connectivity index (χ1v) is 5.61. The summed E-state index contributed by atoms with van der Waals surface area (Å²) in [7, 11) is 0. The van der Waals surface area contributed by atoms with Gasteiger partial charge in [-0.05, 0) is 37.5 Å². The van der Waals surface area contributed by atoms with Crippen LogP contribution < -0.4 is 5.73 Å². The van der Waals surface area contributed by atoms with E-state index in [1.807, 2.05) is 19.1 Å². The summed E-state index contributed by atoms with van der Waals surface area (Å²) in [5.74, 6) is 0. The van der Waals surface area contributed by atoms with Gasteiger partial charge < -0.3 is 5.73 Å². The van der Waals surface area contributed by atoms with Crippen molar-refractivity contribution in [1.29, 1.82) is 0 Å². The number of hydrogen-bond acceptors (Lipinski definition) is 1. The Kier molecular flexibility index (Phi) is 4.65. The fourth-order valence-electron chi connectivity index (χ4n) is 1.31. The van der Waals surface area contributed by atoms with Gasteiger partial charge in [0, 0.05) is 6.04 Å². The molecule has 1 nitrogen and oxygen atoms in total. The first-order valence-electron chi connectivity index (χ1n) is 4.85. The average Bonchev–Trinajstić information content (AvgIpc) is 2.18. The molecule has 82 valence electrons. The van der Waals surface area contributed by atoms with Gasteiger partial charge >= 0.3 is 0 Å². The average molecular weight is 244 g/mol. The van der Waals surface area contributed by atoms with E-state index in [2.05, 4.69) is 6.58 Å². The maximum Gasteiger partial charge on any atom is 0.0595 e. The Morgan fingerprint density at radius 3 is 2.60 bits per heavy atom. The van der Waals surface area contributed by atoms with Crippen molar-refractivity contribution in [2.24, 2.45) is 5.73 Å².